The molecule has 0 aromatic carbocycles. The van der Waals surface area contributed by atoms with Crippen LogP contribution in [-0.4, -0.2) is 31.2 Å². The summed E-state index contributed by atoms with van der Waals surface area (Å²) >= 11 is 0. The molecule has 0 saturated carbocycles. The van der Waals surface area contributed by atoms with Crippen molar-refractivity contribution in [3.8, 4) is 0 Å². The van der Waals surface area contributed by atoms with Crippen molar-refractivity contribution in [2.75, 3.05) is 19.8 Å². The Balaban J connectivity index is 2.30. The molecule has 0 amide bonds. The van der Waals surface area contributed by atoms with Crippen molar-refractivity contribution in [1.29, 1.82) is 0 Å². The number of hydrogen-bond donors (Lipinski definition) is 0. The third kappa shape index (κ3) is 4.33. The lowest BCUT2D eigenvalue weighted by molar-refractivity contribution is -0.157. The van der Waals surface area contributed by atoms with Crippen LogP contribution in [0.1, 0.15) is 33.6 Å². The van der Waals surface area contributed by atoms with E-state index in [1.54, 1.807) is 6.08 Å². The zero-order chi connectivity index (χ0) is 11.4. The summed E-state index contributed by atoms with van der Waals surface area (Å²) in [6, 6.07) is 0. The van der Waals surface area contributed by atoms with Gasteiger partial charge in [-0.3, -0.25) is 0 Å². The maximum Gasteiger partial charge on any atom is 0.165 e. The van der Waals surface area contributed by atoms with Crippen LogP contribution >= 0.6 is 0 Å². The first-order valence-corrected chi connectivity index (χ1v) is 5.50. The van der Waals surface area contributed by atoms with Crippen molar-refractivity contribution in [2.24, 2.45) is 0 Å². The first-order valence-electron chi connectivity index (χ1n) is 5.50. The molecule has 1 saturated heterocycles. The number of rotatable bonds is 6. The van der Waals surface area contributed by atoms with E-state index in [2.05, 4.69) is 20.4 Å². The molecule has 0 N–H and O–H groups in total. The average molecular weight is 214 g/mol. The van der Waals surface area contributed by atoms with E-state index in [1.165, 1.54) is 0 Å². The first kappa shape index (κ1) is 12.7. The largest absolute Gasteiger partial charge is 0.372 e. The topological polar surface area (TPSA) is 27.7 Å². The summed E-state index contributed by atoms with van der Waals surface area (Å²) in [6.45, 7) is 11.8. The summed E-state index contributed by atoms with van der Waals surface area (Å²) in [6.07, 6.45) is 3.54. The minimum atomic E-state index is -0.408. The first-order chi connectivity index (χ1) is 6.97. The predicted octanol–water partition coefficient (Wildman–Crippen LogP) is 2.51. The Morgan fingerprint density at radius 1 is 1.40 bits per heavy atom. The fourth-order valence-electron chi connectivity index (χ4n) is 1.59. The second kappa shape index (κ2) is 5.10. The van der Waals surface area contributed by atoms with E-state index in [4.69, 9.17) is 14.2 Å². The van der Waals surface area contributed by atoms with Gasteiger partial charge in [-0.05, 0) is 27.2 Å². The quantitative estimate of drug-likeness (QED) is 0.636. The predicted molar refractivity (Wildman–Crippen MR) is 59.8 cm³/mol. The molecule has 0 aromatic heterocycles. The van der Waals surface area contributed by atoms with E-state index in [9.17, 15) is 0 Å². The van der Waals surface area contributed by atoms with E-state index < -0.39 is 5.79 Å². The van der Waals surface area contributed by atoms with Gasteiger partial charge in [0.25, 0.3) is 0 Å². The summed E-state index contributed by atoms with van der Waals surface area (Å²) in [7, 11) is 0. The summed E-state index contributed by atoms with van der Waals surface area (Å²) in [5.41, 5.74) is -0.146. The van der Waals surface area contributed by atoms with Crippen LogP contribution in [0.4, 0.5) is 0 Å². The van der Waals surface area contributed by atoms with Gasteiger partial charge in [-0.2, -0.15) is 0 Å². The van der Waals surface area contributed by atoms with Gasteiger partial charge < -0.3 is 14.2 Å². The van der Waals surface area contributed by atoms with Gasteiger partial charge in [0.05, 0.1) is 25.4 Å². The van der Waals surface area contributed by atoms with E-state index in [1.807, 2.05) is 6.92 Å². The molecule has 1 aliphatic rings. The Morgan fingerprint density at radius 2 is 2.00 bits per heavy atom. The molecule has 1 aliphatic heterocycles. The molecular formula is C12H22O3. The van der Waals surface area contributed by atoms with Crippen LogP contribution in [-0.2, 0) is 14.2 Å². The van der Waals surface area contributed by atoms with E-state index in [0.29, 0.717) is 19.8 Å². The molecule has 1 heterocycles. The molecule has 0 unspecified atom stereocenters. The maximum absolute atomic E-state index is 5.65. The van der Waals surface area contributed by atoms with Crippen molar-refractivity contribution in [3.63, 3.8) is 0 Å². The SMILES string of the molecule is C=CCOC(C)(C)CCC1(C)OCCO1. The lowest BCUT2D eigenvalue weighted by Gasteiger charge is -2.29. The zero-order valence-corrected chi connectivity index (χ0v) is 10.0. The Morgan fingerprint density at radius 3 is 2.53 bits per heavy atom. The van der Waals surface area contributed by atoms with Crippen molar-refractivity contribution >= 4 is 0 Å². The van der Waals surface area contributed by atoms with Crippen LogP contribution in [0.2, 0.25) is 0 Å². The molecule has 0 aromatic rings. The summed E-state index contributed by atoms with van der Waals surface area (Å²) in [5.74, 6) is -0.408. The number of ether oxygens (including phenoxy) is 3. The van der Waals surface area contributed by atoms with Crippen molar-refractivity contribution in [1.82, 2.24) is 0 Å². The van der Waals surface area contributed by atoms with Crippen molar-refractivity contribution < 1.29 is 14.2 Å². The Hall–Kier alpha value is -0.380. The third-order valence-corrected chi connectivity index (χ3v) is 2.67. The van der Waals surface area contributed by atoms with Gasteiger partial charge in [-0.25, -0.2) is 0 Å². The molecule has 0 aliphatic carbocycles. The highest BCUT2D eigenvalue weighted by atomic mass is 16.7. The number of hydrogen-bond acceptors (Lipinski definition) is 3. The second-order valence-electron chi connectivity index (χ2n) is 4.69. The highest BCUT2D eigenvalue weighted by molar-refractivity contribution is 4.77. The van der Waals surface area contributed by atoms with Crippen molar-refractivity contribution in [3.05, 3.63) is 12.7 Å². The molecule has 0 spiro atoms. The minimum Gasteiger partial charge on any atom is -0.372 e. The van der Waals surface area contributed by atoms with Gasteiger partial charge in [0, 0.05) is 6.42 Å². The highest BCUT2D eigenvalue weighted by Gasteiger charge is 2.33. The summed E-state index contributed by atoms with van der Waals surface area (Å²) in [5, 5.41) is 0. The van der Waals surface area contributed by atoms with Crippen molar-refractivity contribution in [2.45, 2.75) is 45.0 Å². The Kier molecular flexibility index (Phi) is 4.32. The van der Waals surface area contributed by atoms with Crippen LogP contribution in [0.5, 0.6) is 0 Å². The smallest absolute Gasteiger partial charge is 0.165 e. The average Bonchev–Trinajstić information content (AvgIpc) is 2.61. The summed E-state index contributed by atoms with van der Waals surface area (Å²) in [4.78, 5) is 0. The van der Waals surface area contributed by atoms with Gasteiger partial charge in [-0.1, -0.05) is 6.08 Å². The molecule has 1 fully saturated rings. The molecule has 0 bridgehead atoms. The normalized spacial score (nSPS) is 20.5. The highest BCUT2D eigenvalue weighted by Crippen LogP contribution is 2.28. The van der Waals surface area contributed by atoms with Crippen LogP contribution < -0.4 is 0 Å². The van der Waals surface area contributed by atoms with Crippen LogP contribution in [0.3, 0.4) is 0 Å². The van der Waals surface area contributed by atoms with E-state index in [0.717, 1.165) is 12.8 Å². The van der Waals surface area contributed by atoms with Gasteiger partial charge in [-0.15, -0.1) is 6.58 Å². The van der Waals surface area contributed by atoms with Gasteiger partial charge in [0.2, 0.25) is 0 Å². The molecule has 0 radical (unpaired) electrons. The lowest BCUT2D eigenvalue weighted by atomic mass is 9.99. The van der Waals surface area contributed by atoms with Crippen LogP contribution in [0.25, 0.3) is 0 Å². The lowest BCUT2D eigenvalue weighted by Crippen LogP contribution is -2.32. The van der Waals surface area contributed by atoms with Gasteiger partial charge >= 0.3 is 0 Å². The molecule has 15 heavy (non-hydrogen) atoms. The fourth-order valence-corrected chi connectivity index (χ4v) is 1.59. The summed E-state index contributed by atoms with van der Waals surface area (Å²) < 4.78 is 16.7. The van der Waals surface area contributed by atoms with E-state index >= 15 is 0 Å². The zero-order valence-electron chi connectivity index (χ0n) is 10.0. The molecule has 88 valence electrons. The van der Waals surface area contributed by atoms with Gasteiger partial charge in [0.15, 0.2) is 5.79 Å². The molecule has 1 rings (SSSR count). The monoisotopic (exact) mass is 214 g/mol. The minimum absolute atomic E-state index is 0.146. The second-order valence-corrected chi connectivity index (χ2v) is 4.69. The Bertz CT molecular complexity index is 205. The van der Waals surface area contributed by atoms with Crippen LogP contribution in [0.15, 0.2) is 12.7 Å². The molecule has 3 heteroatoms. The Labute approximate surface area is 92.4 Å². The molecular weight excluding hydrogens is 192 g/mol. The molecule has 3 nitrogen and oxygen atoms in total. The third-order valence-electron chi connectivity index (χ3n) is 2.67. The standard InChI is InChI=1S/C12H22O3/c1-5-8-13-11(2,3)6-7-12(4)14-9-10-15-12/h5H,1,6-10H2,2-4H3. The van der Waals surface area contributed by atoms with Gasteiger partial charge in [0.1, 0.15) is 0 Å². The maximum atomic E-state index is 5.65. The van der Waals surface area contributed by atoms with Crippen LogP contribution in [0, 0.1) is 0 Å². The fraction of sp³-hybridized carbons (Fsp3) is 0.833. The van der Waals surface area contributed by atoms with E-state index in [-0.39, 0.29) is 5.60 Å². The molecule has 0 atom stereocenters.